The molecule has 1 aliphatic heterocycles. The van der Waals surface area contributed by atoms with Crippen molar-refractivity contribution in [1.82, 2.24) is 18.7 Å². The molecule has 0 fully saturated rings. The van der Waals surface area contributed by atoms with Crippen LogP contribution >= 0.6 is 0 Å². The van der Waals surface area contributed by atoms with Crippen LogP contribution in [0.1, 0.15) is 84.2 Å². The summed E-state index contributed by atoms with van der Waals surface area (Å²) in [7, 11) is 0. The molecule has 0 aliphatic carbocycles. The number of benzene rings is 12. The predicted octanol–water partition coefficient (Wildman–Crippen LogP) is 22.3. The number of hydrogen-bond donors (Lipinski definition) is 0. The van der Waals surface area contributed by atoms with Gasteiger partial charge in [-0.1, -0.05) is 241 Å². The quantitative estimate of drug-likeness (QED) is 0.107. The van der Waals surface area contributed by atoms with Crippen molar-refractivity contribution in [2.45, 2.75) is 53.3 Å². The number of rotatable bonds is 9. The van der Waals surface area contributed by atoms with Gasteiger partial charge in [-0.3, -0.25) is 13.7 Å². The molecule has 0 saturated carbocycles. The first-order valence-electron chi connectivity index (χ1n) is 41.9. The van der Waals surface area contributed by atoms with Crippen LogP contribution in [-0.4, -0.2) is 18.7 Å². The Morgan fingerprint density at radius 2 is 1.06 bits per heavy atom. The molecule has 93 heavy (non-hydrogen) atoms. The molecule has 17 rings (SSSR count). The topological polar surface area (TPSA) is 40.8 Å². The van der Waals surface area contributed by atoms with E-state index < -0.39 is 166 Å². The van der Waals surface area contributed by atoms with Gasteiger partial charge in [0.25, 0.3) is 6.33 Å². The van der Waals surface area contributed by atoms with Gasteiger partial charge in [0.2, 0.25) is 0 Å². The molecule has 0 unspecified atom stereocenters. The van der Waals surface area contributed by atoms with Crippen LogP contribution in [0.2, 0.25) is 0 Å². The highest BCUT2D eigenvalue weighted by Crippen LogP contribution is 2.48. The highest BCUT2D eigenvalue weighted by molar-refractivity contribution is 6.13. The number of ether oxygens (including phenoxy) is 1. The van der Waals surface area contributed by atoms with Crippen LogP contribution in [-0.2, 0) is 11.8 Å². The lowest BCUT2D eigenvalue weighted by Crippen LogP contribution is -2.32. The van der Waals surface area contributed by atoms with Gasteiger partial charge in [0.05, 0.1) is 78.9 Å². The summed E-state index contributed by atoms with van der Waals surface area (Å²) in [5.74, 6) is 0.451. The Morgan fingerprint density at radius 1 is 0.462 bits per heavy atom. The molecular formula is C87H67N5O. The largest absolute Gasteiger partial charge is 0.456 e. The average molecular weight is 1220 g/mol. The highest BCUT2D eigenvalue weighted by Gasteiger charge is 2.29. The van der Waals surface area contributed by atoms with E-state index in [0.29, 0.717) is 66.6 Å². The van der Waals surface area contributed by atoms with Gasteiger partial charge >= 0.3 is 0 Å². The predicted molar refractivity (Wildman–Crippen MR) is 385 cm³/mol. The second-order valence-electron chi connectivity index (χ2n) is 25.1. The van der Waals surface area contributed by atoms with Crippen molar-refractivity contribution in [3.05, 3.63) is 302 Å². The second kappa shape index (κ2) is 21.7. The molecule has 0 atom stereocenters. The first-order valence-corrected chi connectivity index (χ1v) is 30.4. The fourth-order valence-corrected chi connectivity index (χ4v) is 13.0. The molecule has 0 saturated heterocycles. The molecule has 0 spiro atoms. The van der Waals surface area contributed by atoms with Gasteiger partial charge < -0.3 is 9.30 Å². The second-order valence-corrected chi connectivity index (χ2v) is 25.1. The van der Waals surface area contributed by atoms with Gasteiger partial charge in [-0.05, 0) is 168 Å². The Bertz CT molecular complexity index is 6850. The molecule has 0 N–H and O–H groups in total. The first-order chi connectivity index (χ1) is 54.9. The summed E-state index contributed by atoms with van der Waals surface area (Å²) in [4.78, 5) is 4.86. The van der Waals surface area contributed by atoms with Crippen LogP contribution in [0.3, 0.4) is 0 Å². The lowest BCUT2D eigenvalue weighted by atomic mass is 9.81. The Morgan fingerprint density at radius 3 is 1.78 bits per heavy atom. The van der Waals surface area contributed by atoms with Crippen LogP contribution < -0.4 is 9.30 Å². The fourth-order valence-electron chi connectivity index (χ4n) is 13.0. The number of hydrogen-bond acceptors (Lipinski definition) is 2. The Kier molecular flexibility index (Phi) is 8.51. The molecule has 0 bridgehead atoms. The molecule has 12 aromatic carbocycles. The molecule has 6 nitrogen and oxygen atoms in total. The van der Waals surface area contributed by atoms with Crippen molar-refractivity contribution in [2.75, 3.05) is 0 Å². The summed E-state index contributed by atoms with van der Waals surface area (Å²) in [6, 6.07) is 31.0. The number of pyridine rings is 1. The van der Waals surface area contributed by atoms with E-state index in [4.69, 9.17) is 23.4 Å². The minimum absolute atomic E-state index is 0.00939. The fraction of sp³-hybridized carbons (Fsp3) is 0.103. The molecule has 16 aromatic rings. The Hall–Kier alpha value is -11.3. The van der Waals surface area contributed by atoms with Crippen molar-refractivity contribution < 1.29 is 40.8 Å². The number of imidazole rings is 1. The first kappa shape index (κ1) is 36.5. The van der Waals surface area contributed by atoms with E-state index in [2.05, 4.69) is 39.2 Å². The van der Waals surface area contributed by atoms with Crippen LogP contribution in [0.4, 0.5) is 0 Å². The van der Waals surface area contributed by atoms with E-state index in [1.54, 1.807) is 90.6 Å². The van der Waals surface area contributed by atoms with Gasteiger partial charge in [-0.2, -0.15) is 0 Å². The molecule has 1 aliphatic rings. The summed E-state index contributed by atoms with van der Waals surface area (Å²) < 4.78 is 229. The van der Waals surface area contributed by atoms with Crippen molar-refractivity contribution in [1.29, 1.82) is 0 Å². The lowest BCUT2D eigenvalue weighted by molar-refractivity contribution is -0.570. The molecule has 5 heterocycles. The molecule has 0 radical (unpaired) electrons. The van der Waals surface area contributed by atoms with Crippen LogP contribution in [0.15, 0.2) is 285 Å². The standard InChI is InChI=1S/C87H67N5O/c1-86(2,3)54-56-44-45-88-83(46-56)92-78-40-20-17-34-71(78)75-52-81(91-76-38-18-15-32-69(76)70-33-16-19-39-77(70)91)82(53-80(75)92)93-64-29-21-28-63(51-64)89-55-90-84-65(61-48-59(57-24-9-7-10-25-57)47-60(49-61)58-26-11-8-12-27-58)35-22-36-73(84)74-50-62(87(4,5)6)42-43-68(74)66-30-13-14-31-67(66)72-37-23-41-79(89)85(72)90/h7-53H,54H2,1-6H3/i7D,8D,9D,10D,11D,12D,15D,16D,18D,19D,24D,25D,26D,27D,32D,33D,38D,39D,47D,48D,49D,54D2. The number of fused-ring (bicyclic) bond motifs is 13. The summed E-state index contributed by atoms with van der Waals surface area (Å²) in [5.41, 5.74) is 3.80. The third kappa shape index (κ3) is 9.55. The molecule has 446 valence electrons. The van der Waals surface area contributed by atoms with Crippen LogP contribution in [0, 0.1) is 11.7 Å². The third-order valence-corrected chi connectivity index (χ3v) is 17.0. The SMILES string of the molecule is [2H]c1c([2H])c([2H])c(-c2c([2H])c(-c3cccc4c3-[n+]3[c-]n(-c5cccc(Oc6cc7c(cc6-n6c8c([2H])c([2H])c([2H])c([2H])c8c8c([2H])c([2H])c([2H])c([2H])c86)c6ccccc6n7-c6cc(C([2H])([2H])C(C)(C)C)ccn6)c5)c5cccc(c53)-c3ccccc3-c3ccc(C(C)(C)C)cc3-4)c([2H])c(-c3c([2H])c([2H])c([2H])c([2H])c3[2H])c2[2H])c([2H])c1[2H]. The molecule has 6 heteroatoms. The van der Waals surface area contributed by atoms with Crippen LogP contribution in [0.5, 0.6) is 11.5 Å². The van der Waals surface area contributed by atoms with E-state index >= 15 is 0 Å². The van der Waals surface area contributed by atoms with Gasteiger partial charge in [0.1, 0.15) is 11.6 Å². The Labute approximate surface area is 574 Å². The minimum Gasteiger partial charge on any atom is -0.456 e. The zero-order valence-corrected chi connectivity index (χ0v) is 51.2. The van der Waals surface area contributed by atoms with Crippen molar-refractivity contribution in [2.24, 2.45) is 5.41 Å². The van der Waals surface area contributed by atoms with E-state index in [9.17, 15) is 17.8 Å². The summed E-state index contributed by atoms with van der Waals surface area (Å²) in [6.07, 6.45) is 3.37. The maximum absolute atomic E-state index is 10.5. The van der Waals surface area contributed by atoms with E-state index in [0.717, 1.165) is 22.3 Å². The summed E-state index contributed by atoms with van der Waals surface area (Å²) >= 11 is 0. The van der Waals surface area contributed by atoms with E-state index in [1.807, 2.05) is 83.4 Å². The summed E-state index contributed by atoms with van der Waals surface area (Å²) in [5, 5.41) is 0.827. The molecular weight excluding hydrogens is 1130 g/mol. The van der Waals surface area contributed by atoms with Gasteiger partial charge in [-0.25, -0.2) is 4.98 Å². The Balaban J connectivity index is 0.975. The summed E-state index contributed by atoms with van der Waals surface area (Å²) in [6.45, 7) is 11.6. The maximum atomic E-state index is 10.5. The minimum atomic E-state index is -1.87. The van der Waals surface area contributed by atoms with Crippen LogP contribution in [0.25, 0.3) is 144 Å². The average Bonchev–Trinajstić information content (AvgIpc) is 1.50. The van der Waals surface area contributed by atoms with Gasteiger partial charge in [-0.15, -0.1) is 0 Å². The number of aromatic nitrogens is 5. The lowest BCUT2D eigenvalue weighted by Gasteiger charge is -2.24. The van der Waals surface area contributed by atoms with Gasteiger partial charge in [0, 0.05) is 36.5 Å². The van der Waals surface area contributed by atoms with E-state index in [1.165, 1.54) is 10.8 Å². The van der Waals surface area contributed by atoms with Crippen molar-refractivity contribution in [3.8, 4) is 101 Å². The number of para-hydroxylation sites is 5. The van der Waals surface area contributed by atoms with Gasteiger partial charge in [0.15, 0.2) is 5.75 Å². The maximum Gasteiger partial charge on any atom is 0.269 e. The van der Waals surface area contributed by atoms with Crippen molar-refractivity contribution in [3.63, 3.8) is 0 Å². The smallest absolute Gasteiger partial charge is 0.269 e. The third-order valence-electron chi connectivity index (χ3n) is 17.0. The van der Waals surface area contributed by atoms with E-state index in [-0.39, 0.29) is 55.8 Å². The zero-order chi connectivity index (χ0) is 82.8. The highest BCUT2D eigenvalue weighted by atomic mass is 16.5. The zero-order valence-electron chi connectivity index (χ0n) is 74.2. The monoisotopic (exact) mass is 1220 g/mol. The molecule has 4 aromatic heterocycles. The van der Waals surface area contributed by atoms with Crippen molar-refractivity contribution >= 4 is 54.6 Å². The molecule has 0 amide bonds. The number of nitrogens with zero attached hydrogens (tertiary/aromatic N) is 5. The normalized spacial score (nSPS) is 15.9.